The minimum atomic E-state index is -0.224. The molecule has 0 saturated carbocycles. The highest BCUT2D eigenvalue weighted by Gasteiger charge is 2.16. The third-order valence-corrected chi connectivity index (χ3v) is 3.73. The van der Waals surface area contributed by atoms with Crippen molar-refractivity contribution in [3.8, 4) is 5.75 Å². The zero-order chi connectivity index (χ0) is 16.4. The van der Waals surface area contributed by atoms with Crippen molar-refractivity contribution >= 4 is 23.2 Å². The number of rotatable bonds is 2. The first-order valence-corrected chi connectivity index (χ1v) is 7.48. The van der Waals surface area contributed by atoms with E-state index in [4.69, 9.17) is 4.74 Å². The fourth-order valence-corrected chi connectivity index (χ4v) is 2.51. The molecule has 0 radical (unpaired) electrons. The lowest BCUT2D eigenvalue weighted by Crippen LogP contribution is -2.14. The van der Waals surface area contributed by atoms with Crippen LogP contribution in [0, 0.1) is 13.8 Å². The maximum Gasteiger partial charge on any atom is 0.255 e. The number of nitrogens with one attached hydrogen (secondary N) is 2. The van der Waals surface area contributed by atoms with Gasteiger partial charge in [0, 0.05) is 11.3 Å². The molecule has 0 fully saturated rings. The minimum Gasteiger partial charge on any atom is -0.491 e. The van der Waals surface area contributed by atoms with Gasteiger partial charge in [-0.1, -0.05) is 17.7 Å². The summed E-state index contributed by atoms with van der Waals surface area (Å²) in [5.41, 5.74) is 3.92. The molecule has 0 unspecified atom stereocenters. The number of fused-ring (bicyclic) bond motifs is 1. The van der Waals surface area contributed by atoms with Crippen LogP contribution >= 0.6 is 0 Å². The van der Waals surface area contributed by atoms with Crippen LogP contribution in [0.2, 0.25) is 0 Å². The molecule has 1 aliphatic heterocycles. The van der Waals surface area contributed by atoms with E-state index in [2.05, 4.69) is 10.6 Å². The second-order valence-corrected chi connectivity index (χ2v) is 5.63. The van der Waals surface area contributed by atoms with Gasteiger partial charge in [0.1, 0.15) is 5.75 Å². The molecular formula is C18H18N2O3. The molecule has 3 rings (SSSR count). The van der Waals surface area contributed by atoms with Gasteiger partial charge in [-0.05, 0) is 43.7 Å². The number of hydrogen-bond donors (Lipinski definition) is 2. The van der Waals surface area contributed by atoms with Crippen LogP contribution in [0.15, 0.2) is 36.4 Å². The first kappa shape index (κ1) is 15.1. The summed E-state index contributed by atoms with van der Waals surface area (Å²) in [7, 11) is 0. The number of amides is 2. The van der Waals surface area contributed by atoms with E-state index in [1.54, 1.807) is 18.2 Å². The Morgan fingerprint density at radius 2 is 2.00 bits per heavy atom. The van der Waals surface area contributed by atoms with Crippen molar-refractivity contribution in [2.45, 2.75) is 20.3 Å². The molecule has 0 atom stereocenters. The molecule has 2 aromatic carbocycles. The average molecular weight is 310 g/mol. The Bertz CT molecular complexity index is 784. The molecular weight excluding hydrogens is 292 g/mol. The number of benzene rings is 2. The highest BCUT2D eigenvalue weighted by molar-refractivity contribution is 6.06. The predicted octanol–water partition coefficient (Wildman–Crippen LogP) is 3.28. The van der Waals surface area contributed by atoms with Crippen molar-refractivity contribution in [1.82, 2.24) is 0 Å². The van der Waals surface area contributed by atoms with E-state index in [0.717, 1.165) is 16.8 Å². The van der Waals surface area contributed by atoms with E-state index in [9.17, 15) is 9.59 Å². The number of carbonyl (C=O) groups is 2. The summed E-state index contributed by atoms with van der Waals surface area (Å²) in [6.07, 6.45) is 0.304. The van der Waals surface area contributed by atoms with Crippen molar-refractivity contribution in [3.63, 3.8) is 0 Å². The Kier molecular flexibility index (Phi) is 4.02. The molecule has 1 heterocycles. The molecule has 0 aromatic heterocycles. The zero-order valence-electron chi connectivity index (χ0n) is 13.1. The number of ether oxygens (including phenoxy) is 1. The van der Waals surface area contributed by atoms with Crippen LogP contribution in [0.25, 0.3) is 0 Å². The van der Waals surface area contributed by atoms with E-state index in [1.165, 1.54) is 0 Å². The van der Waals surface area contributed by atoms with Crippen molar-refractivity contribution < 1.29 is 14.3 Å². The van der Waals surface area contributed by atoms with Gasteiger partial charge < -0.3 is 15.4 Å². The first-order chi connectivity index (χ1) is 11.0. The van der Waals surface area contributed by atoms with E-state index in [-0.39, 0.29) is 11.8 Å². The van der Waals surface area contributed by atoms with Crippen LogP contribution in [-0.4, -0.2) is 18.4 Å². The molecule has 5 heteroatoms. The zero-order valence-corrected chi connectivity index (χ0v) is 13.1. The minimum absolute atomic E-state index is 0.115. The number of anilines is 2. The molecule has 0 aliphatic carbocycles. The summed E-state index contributed by atoms with van der Waals surface area (Å²) in [6.45, 7) is 4.30. The van der Waals surface area contributed by atoms with Gasteiger partial charge in [-0.25, -0.2) is 0 Å². The third-order valence-electron chi connectivity index (χ3n) is 3.73. The highest BCUT2D eigenvalue weighted by atomic mass is 16.5. The first-order valence-electron chi connectivity index (χ1n) is 7.48. The molecule has 2 amide bonds. The Labute approximate surface area is 134 Å². The van der Waals surface area contributed by atoms with Crippen LogP contribution in [0.5, 0.6) is 5.75 Å². The lowest BCUT2D eigenvalue weighted by molar-refractivity contribution is -0.116. The molecule has 0 saturated heterocycles. The monoisotopic (exact) mass is 310 g/mol. The van der Waals surface area contributed by atoms with Crippen molar-refractivity contribution in [3.05, 3.63) is 53.1 Å². The Balaban J connectivity index is 1.84. The molecule has 1 aliphatic rings. The molecule has 0 bridgehead atoms. The lowest BCUT2D eigenvalue weighted by Gasteiger charge is -2.11. The summed E-state index contributed by atoms with van der Waals surface area (Å²) >= 11 is 0. The largest absolute Gasteiger partial charge is 0.491 e. The molecule has 5 nitrogen and oxygen atoms in total. The van der Waals surface area contributed by atoms with Crippen LogP contribution in [0.3, 0.4) is 0 Å². The van der Waals surface area contributed by atoms with Gasteiger partial charge in [-0.3, -0.25) is 9.59 Å². The summed E-state index contributed by atoms with van der Waals surface area (Å²) in [6, 6.07) is 10.9. The normalized spacial score (nSPS) is 13.4. The predicted molar refractivity (Wildman–Crippen MR) is 89.1 cm³/mol. The second-order valence-electron chi connectivity index (χ2n) is 5.63. The van der Waals surface area contributed by atoms with E-state index >= 15 is 0 Å². The quantitative estimate of drug-likeness (QED) is 0.894. The summed E-state index contributed by atoms with van der Waals surface area (Å²) in [5.74, 6) is 0.243. The molecule has 0 spiro atoms. The van der Waals surface area contributed by atoms with E-state index < -0.39 is 0 Å². The number of aryl methyl sites for hydroxylation is 2. The Hall–Kier alpha value is -2.82. The van der Waals surface area contributed by atoms with Crippen LogP contribution in [0.4, 0.5) is 11.4 Å². The van der Waals surface area contributed by atoms with Gasteiger partial charge in [0.05, 0.1) is 18.7 Å². The Morgan fingerprint density at radius 3 is 2.78 bits per heavy atom. The highest BCUT2D eigenvalue weighted by Crippen LogP contribution is 2.28. The van der Waals surface area contributed by atoms with Crippen molar-refractivity contribution in [2.24, 2.45) is 0 Å². The van der Waals surface area contributed by atoms with Crippen LogP contribution in [-0.2, 0) is 4.79 Å². The SMILES string of the molecule is Cc1ccc(NC(=O)c2ccc3c(c2)NC(=O)CCO3)c(C)c1. The van der Waals surface area contributed by atoms with Gasteiger partial charge in [0.25, 0.3) is 5.91 Å². The Morgan fingerprint density at radius 1 is 1.17 bits per heavy atom. The maximum absolute atomic E-state index is 12.4. The smallest absolute Gasteiger partial charge is 0.255 e. The fraction of sp³-hybridized carbons (Fsp3) is 0.222. The third kappa shape index (κ3) is 3.34. The van der Waals surface area contributed by atoms with E-state index in [0.29, 0.717) is 30.0 Å². The summed E-state index contributed by atoms with van der Waals surface area (Å²) in [5, 5.41) is 5.65. The molecule has 118 valence electrons. The van der Waals surface area contributed by atoms with Crippen LogP contribution < -0.4 is 15.4 Å². The van der Waals surface area contributed by atoms with Crippen molar-refractivity contribution in [2.75, 3.05) is 17.2 Å². The molecule has 23 heavy (non-hydrogen) atoms. The van der Waals surface area contributed by atoms with Crippen molar-refractivity contribution in [1.29, 1.82) is 0 Å². The average Bonchev–Trinajstić information content (AvgIpc) is 2.69. The summed E-state index contributed by atoms with van der Waals surface area (Å²) < 4.78 is 5.49. The van der Waals surface area contributed by atoms with Gasteiger partial charge in [-0.15, -0.1) is 0 Å². The molecule has 2 aromatic rings. The maximum atomic E-state index is 12.4. The van der Waals surface area contributed by atoms with Gasteiger partial charge >= 0.3 is 0 Å². The van der Waals surface area contributed by atoms with Gasteiger partial charge in [0.15, 0.2) is 0 Å². The number of hydrogen-bond acceptors (Lipinski definition) is 3. The lowest BCUT2D eigenvalue weighted by atomic mass is 10.1. The summed E-state index contributed by atoms with van der Waals surface area (Å²) in [4.78, 5) is 24.0. The molecule has 2 N–H and O–H groups in total. The topological polar surface area (TPSA) is 67.4 Å². The van der Waals surface area contributed by atoms with Gasteiger partial charge in [0.2, 0.25) is 5.91 Å². The van der Waals surface area contributed by atoms with E-state index in [1.807, 2.05) is 32.0 Å². The number of carbonyl (C=O) groups excluding carboxylic acids is 2. The second kappa shape index (κ2) is 6.12. The fourth-order valence-electron chi connectivity index (χ4n) is 2.51. The van der Waals surface area contributed by atoms with Crippen LogP contribution in [0.1, 0.15) is 27.9 Å². The standard InChI is InChI=1S/C18H18N2O3/c1-11-3-5-14(12(2)9-11)20-18(22)13-4-6-16-15(10-13)19-17(21)7-8-23-16/h3-6,9-10H,7-8H2,1-2H3,(H,19,21)(H,20,22). The van der Waals surface area contributed by atoms with Gasteiger partial charge in [-0.2, -0.15) is 0 Å².